The molecule has 0 spiro atoms. The van der Waals surface area contributed by atoms with Crippen LogP contribution in [0.5, 0.6) is 0 Å². The fourth-order valence-corrected chi connectivity index (χ4v) is 2.27. The Kier molecular flexibility index (Phi) is 4.15. The van der Waals surface area contributed by atoms with Crippen LogP contribution in [0.1, 0.15) is 25.5 Å². The van der Waals surface area contributed by atoms with Gasteiger partial charge in [-0.3, -0.25) is 4.68 Å². The minimum absolute atomic E-state index is 0.153. The molecule has 2 aromatic rings. The molecule has 0 radical (unpaired) electrons. The van der Waals surface area contributed by atoms with Crippen molar-refractivity contribution < 1.29 is 0 Å². The summed E-state index contributed by atoms with van der Waals surface area (Å²) in [6.45, 7) is 5.01. The van der Waals surface area contributed by atoms with Gasteiger partial charge in [0.2, 0.25) is 0 Å². The van der Waals surface area contributed by atoms with E-state index in [1.54, 1.807) is 6.07 Å². The number of nitrogens with one attached hydrogen (secondary N) is 1. The maximum absolute atomic E-state index is 5.97. The van der Waals surface area contributed by atoms with Crippen molar-refractivity contribution in [3.63, 3.8) is 0 Å². The maximum Gasteiger partial charge on any atom is 0.0542 e. The third kappa shape index (κ3) is 3.18. The summed E-state index contributed by atoms with van der Waals surface area (Å²) in [7, 11) is 0. The monoisotopic (exact) mass is 283 g/mol. The molecule has 1 unspecified atom stereocenters. The Morgan fingerprint density at radius 3 is 2.50 bits per heavy atom. The second-order valence-corrected chi connectivity index (χ2v) is 5.03. The first-order chi connectivity index (χ1) is 8.58. The molecule has 0 aliphatic heterocycles. The second kappa shape index (κ2) is 5.63. The smallest absolute Gasteiger partial charge is 0.0542 e. The van der Waals surface area contributed by atoms with Crippen molar-refractivity contribution in [1.29, 1.82) is 0 Å². The van der Waals surface area contributed by atoms with E-state index in [0.717, 1.165) is 17.8 Å². The van der Waals surface area contributed by atoms with Crippen LogP contribution in [0.25, 0.3) is 0 Å². The van der Waals surface area contributed by atoms with Gasteiger partial charge in [-0.25, -0.2) is 0 Å². The Hall–Kier alpha value is -1.19. The summed E-state index contributed by atoms with van der Waals surface area (Å²) >= 11 is 11.9. The van der Waals surface area contributed by atoms with Crippen molar-refractivity contribution in [2.75, 3.05) is 5.32 Å². The fourth-order valence-electron chi connectivity index (χ4n) is 1.75. The molecule has 5 heteroatoms. The minimum atomic E-state index is 0.153. The molecule has 1 heterocycles. The highest BCUT2D eigenvalue weighted by Crippen LogP contribution is 2.25. The molecule has 0 aliphatic carbocycles. The van der Waals surface area contributed by atoms with Gasteiger partial charge in [0, 0.05) is 34.0 Å². The summed E-state index contributed by atoms with van der Waals surface area (Å²) in [4.78, 5) is 0. The molecule has 1 atom stereocenters. The standard InChI is InChI=1S/C13H15Cl2N3/c1-3-18-8-10(7-16-18)9(2)17-13-5-11(14)4-12(15)6-13/h4-9,17H,3H2,1-2H3. The zero-order valence-electron chi connectivity index (χ0n) is 10.3. The number of hydrogen-bond donors (Lipinski definition) is 1. The van der Waals surface area contributed by atoms with E-state index >= 15 is 0 Å². The largest absolute Gasteiger partial charge is 0.378 e. The zero-order chi connectivity index (χ0) is 13.1. The second-order valence-electron chi connectivity index (χ2n) is 4.15. The van der Waals surface area contributed by atoms with Crippen LogP contribution in [0.4, 0.5) is 5.69 Å². The Labute approximate surface area is 117 Å². The highest BCUT2D eigenvalue weighted by molar-refractivity contribution is 6.35. The molecule has 0 amide bonds. The normalized spacial score (nSPS) is 12.4. The van der Waals surface area contributed by atoms with E-state index in [9.17, 15) is 0 Å². The van der Waals surface area contributed by atoms with Crippen molar-refractivity contribution in [3.05, 3.63) is 46.2 Å². The number of nitrogens with zero attached hydrogens (tertiary/aromatic N) is 2. The van der Waals surface area contributed by atoms with Crippen molar-refractivity contribution in [2.45, 2.75) is 26.4 Å². The summed E-state index contributed by atoms with van der Waals surface area (Å²) in [5, 5.41) is 8.86. The number of rotatable bonds is 4. The van der Waals surface area contributed by atoms with Crippen LogP contribution in [0.3, 0.4) is 0 Å². The van der Waals surface area contributed by atoms with Crippen molar-refractivity contribution in [2.24, 2.45) is 0 Å². The minimum Gasteiger partial charge on any atom is -0.378 e. The van der Waals surface area contributed by atoms with Crippen LogP contribution >= 0.6 is 23.2 Å². The molecule has 96 valence electrons. The van der Waals surface area contributed by atoms with Gasteiger partial charge in [-0.1, -0.05) is 23.2 Å². The first-order valence-electron chi connectivity index (χ1n) is 5.83. The molecular weight excluding hydrogens is 269 g/mol. The lowest BCUT2D eigenvalue weighted by atomic mass is 10.2. The van der Waals surface area contributed by atoms with Gasteiger partial charge in [-0.15, -0.1) is 0 Å². The van der Waals surface area contributed by atoms with Crippen LogP contribution in [-0.2, 0) is 6.54 Å². The lowest BCUT2D eigenvalue weighted by Gasteiger charge is -2.14. The van der Waals surface area contributed by atoms with Crippen LogP contribution in [0.15, 0.2) is 30.6 Å². The molecule has 1 aromatic heterocycles. The first kappa shape index (κ1) is 13.2. The van der Waals surface area contributed by atoms with E-state index in [2.05, 4.69) is 24.3 Å². The topological polar surface area (TPSA) is 29.9 Å². The van der Waals surface area contributed by atoms with E-state index in [4.69, 9.17) is 23.2 Å². The first-order valence-corrected chi connectivity index (χ1v) is 6.59. The molecule has 1 aromatic carbocycles. The van der Waals surface area contributed by atoms with E-state index in [1.807, 2.05) is 29.2 Å². The predicted molar refractivity (Wildman–Crippen MR) is 76.4 cm³/mol. The average molecular weight is 284 g/mol. The SMILES string of the molecule is CCn1cc(C(C)Nc2cc(Cl)cc(Cl)c2)cn1. The molecule has 1 N–H and O–H groups in total. The van der Waals surface area contributed by atoms with Gasteiger partial charge >= 0.3 is 0 Å². The number of aryl methyl sites for hydroxylation is 1. The Morgan fingerprint density at radius 1 is 1.28 bits per heavy atom. The van der Waals surface area contributed by atoms with Gasteiger partial charge in [0.25, 0.3) is 0 Å². The van der Waals surface area contributed by atoms with Crippen molar-refractivity contribution in [3.8, 4) is 0 Å². The maximum atomic E-state index is 5.97. The number of anilines is 1. The lowest BCUT2D eigenvalue weighted by Crippen LogP contribution is -2.05. The summed E-state index contributed by atoms with van der Waals surface area (Å²) < 4.78 is 1.90. The van der Waals surface area contributed by atoms with E-state index in [0.29, 0.717) is 10.0 Å². The quantitative estimate of drug-likeness (QED) is 0.902. The highest BCUT2D eigenvalue weighted by atomic mass is 35.5. The molecule has 3 nitrogen and oxygen atoms in total. The number of benzene rings is 1. The molecule has 18 heavy (non-hydrogen) atoms. The molecule has 0 saturated heterocycles. The van der Waals surface area contributed by atoms with E-state index < -0.39 is 0 Å². The Morgan fingerprint density at radius 2 is 1.94 bits per heavy atom. The van der Waals surface area contributed by atoms with Gasteiger partial charge in [-0.05, 0) is 32.0 Å². The van der Waals surface area contributed by atoms with E-state index in [1.165, 1.54) is 0 Å². The number of halogens is 2. The summed E-state index contributed by atoms with van der Waals surface area (Å²) in [6.07, 6.45) is 3.90. The summed E-state index contributed by atoms with van der Waals surface area (Å²) in [5.41, 5.74) is 2.04. The van der Waals surface area contributed by atoms with Gasteiger partial charge in [0.05, 0.1) is 12.2 Å². The fraction of sp³-hybridized carbons (Fsp3) is 0.308. The Balaban J connectivity index is 2.12. The average Bonchev–Trinajstić information content (AvgIpc) is 2.75. The zero-order valence-corrected chi connectivity index (χ0v) is 11.8. The molecule has 0 saturated carbocycles. The van der Waals surface area contributed by atoms with Crippen molar-refractivity contribution >= 4 is 28.9 Å². The highest BCUT2D eigenvalue weighted by Gasteiger charge is 2.08. The van der Waals surface area contributed by atoms with Gasteiger partial charge in [0.1, 0.15) is 0 Å². The molecule has 0 aliphatic rings. The van der Waals surface area contributed by atoms with Crippen LogP contribution in [0, 0.1) is 0 Å². The number of aromatic nitrogens is 2. The van der Waals surface area contributed by atoms with Gasteiger partial charge in [-0.2, -0.15) is 5.10 Å². The van der Waals surface area contributed by atoms with Crippen molar-refractivity contribution in [1.82, 2.24) is 9.78 Å². The van der Waals surface area contributed by atoms with Crippen LogP contribution in [-0.4, -0.2) is 9.78 Å². The number of hydrogen-bond acceptors (Lipinski definition) is 2. The lowest BCUT2D eigenvalue weighted by molar-refractivity contribution is 0.658. The molecule has 2 rings (SSSR count). The Bertz CT molecular complexity index is 517. The van der Waals surface area contributed by atoms with Gasteiger partial charge in [0.15, 0.2) is 0 Å². The molecule has 0 bridgehead atoms. The third-order valence-corrected chi connectivity index (χ3v) is 3.16. The molecular formula is C13H15Cl2N3. The van der Waals surface area contributed by atoms with E-state index in [-0.39, 0.29) is 6.04 Å². The van der Waals surface area contributed by atoms with Crippen LogP contribution < -0.4 is 5.32 Å². The summed E-state index contributed by atoms with van der Waals surface area (Å²) in [5.74, 6) is 0. The van der Waals surface area contributed by atoms with Gasteiger partial charge < -0.3 is 5.32 Å². The predicted octanol–water partition coefficient (Wildman–Crippen LogP) is 4.38. The summed E-state index contributed by atoms with van der Waals surface area (Å²) in [6, 6.07) is 5.58. The third-order valence-electron chi connectivity index (χ3n) is 2.72. The van der Waals surface area contributed by atoms with Crippen LogP contribution in [0.2, 0.25) is 10.0 Å². The molecule has 0 fully saturated rings.